The third kappa shape index (κ3) is 6.48. The van der Waals surface area contributed by atoms with Gasteiger partial charge in [0.2, 0.25) is 5.91 Å². The standard InChI is InChI=1S/C24H27N9O6.2ClH.2H2O/c25-20-16-21(28-10-27-20)33(11-29-16)24-18(36)17(35)19(39-24)23(38)32-6-4-31(5-7-32)9-15(34)30-14-3-1-2-12-13(14)8-26-22(12)37;;;;/h1-3,10-11,17-19,24,35-36H,4-9H2,(H,26,37)(H,30,34)(H2,25,27,28);2*1H;2*1H2. The zero-order valence-electron chi connectivity index (χ0n) is 22.5. The van der Waals surface area contributed by atoms with E-state index in [2.05, 4.69) is 25.6 Å². The first kappa shape index (κ1) is 35.5. The number of benzene rings is 1. The van der Waals surface area contributed by atoms with Crippen LogP contribution in [0, 0.1) is 0 Å². The van der Waals surface area contributed by atoms with Crippen molar-refractivity contribution in [3.05, 3.63) is 42.0 Å². The molecular formula is C24H33Cl2N9O8. The van der Waals surface area contributed by atoms with Crippen LogP contribution in [0.15, 0.2) is 30.9 Å². The predicted octanol–water partition coefficient (Wildman–Crippen LogP) is -2.75. The molecule has 236 valence electrons. The second-order valence-corrected chi connectivity index (χ2v) is 9.68. The first-order chi connectivity index (χ1) is 18.8. The first-order valence-corrected chi connectivity index (χ1v) is 12.5. The molecule has 2 fully saturated rings. The first-order valence-electron chi connectivity index (χ1n) is 12.5. The fourth-order valence-electron chi connectivity index (χ4n) is 5.22. The van der Waals surface area contributed by atoms with Gasteiger partial charge in [-0.25, -0.2) is 15.0 Å². The summed E-state index contributed by atoms with van der Waals surface area (Å²) in [5, 5.41) is 26.9. The summed E-state index contributed by atoms with van der Waals surface area (Å²) in [6.45, 7) is 1.99. The lowest BCUT2D eigenvalue weighted by molar-refractivity contribution is -0.150. The van der Waals surface area contributed by atoms with Crippen LogP contribution in [-0.4, -0.2) is 119 Å². The minimum absolute atomic E-state index is 0. The minimum Gasteiger partial charge on any atom is -0.412 e. The van der Waals surface area contributed by atoms with Gasteiger partial charge in [-0.05, 0) is 12.1 Å². The van der Waals surface area contributed by atoms with Crippen molar-refractivity contribution in [2.45, 2.75) is 31.1 Å². The van der Waals surface area contributed by atoms with Crippen LogP contribution in [0.3, 0.4) is 0 Å². The summed E-state index contributed by atoms with van der Waals surface area (Å²) in [6.07, 6.45) is -2.62. The maximum absolute atomic E-state index is 13.2. The Labute approximate surface area is 256 Å². The molecule has 0 radical (unpaired) electrons. The summed E-state index contributed by atoms with van der Waals surface area (Å²) >= 11 is 0. The Morgan fingerprint density at radius 1 is 1.07 bits per heavy atom. The molecule has 5 heterocycles. The van der Waals surface area contributed by atoms with E-state index in [1.54, 1.807) is 23.1 Å². The Balaban J connectivity index is 0.00000161. The Morgan fingerprint density at radius 2 is 1.79 bits per heavy atom. The summed E-state index contributed by atoms with van der Waals surface area (Å²) in [4.78, 5) is 53.4. The molecule has 4 unspecified atom stereocenters. The second-order valence-electron chi connectivity index (χ2n) is 9.68. The number of nitrogens with one attached hydrogen (secondary N) is 2. The number of ether oxygens (including phenoxy) is 1. The number of piperazine rings is 1. The van der Waals surface area contributed by atoms with Gasteiger partial charge in [-0.3, -0.25) is 23.9 Å². The molecule has 17 nitrogen and oxygen atoms in total. The smallest absolute Gasteiger partial charge is 0.254 e. The molecule has 3 amide bonds. The number of anilines is 2. The van der Waals surface area contributed by atoms with Crippen molar-refractivity contribution >= 4 is 65.2 Å². The molecule has 6 rings (SSSR count). The van der Waals surface area contributed by atoms with Crippen molar-refractivity contribution in [1.29, 1.82) is 0 Å². The van der Waals surface area contributed by atoms with Crippen molar-refractivity contribution in [3.8, 4) is 0 Å². The number of imidazole rings is 1. The third-order valence-corrected chi connectivity index (χ3v) is 7.31. The molecule has 2 aromatic heterocycles. The van der Waals surface area contributed by atoms with Crippen LogP contribution in [0.1, 0.15) is 22.1 Å². The Kier molecular flexibility index (Phi) is 11.7. The fraction of sp³-hybridized carbons (Fsp3) is 0.417. The van der Waals surface area contributed by atoms with E-state index in [1.165, 1.54) is 17.2 Å². The lowest BCUT2D eigenvalue weighted by Crippen LogP contribution is -2.54. The van der Waals surface area contributed by atoms with E-state index < -0.39 is 30.4 Å². The SMILES string of the molecule is Cl.Cl.Nc1ncnc2c1ncn2C1OC(C(=O)N2CCN(CC(=O)Nc3cccc4c3CNC4=O)CC2)C(O)C1O.O.O. The molecule has 2 saturated heterocycles. The number of carbonyl (C=O) groups excluding carboxylic acids is 3. The highest BCUT2D eigenvalue weighted by molar-refractivity contribution is 6.02. The number of hydrogen-bond donors (Lipinski definition) is 5. The van der Waals surface area contributed by atoms with Crippen LogP contribution < -0.4 is 16.4 Å². The second kappa shape index (κ2) is 14.2. The van der Waals surface area contributed by atoms with Crippen LogP contribution in [0.25, 0.3) is 11.2 Å². The van der Waals surface area contributed by atoms with E-state index in [-0.39, 0.29) is 59.9 Å². The molecular weight excluding hydrogens is 613 g/mol. The fourth-order valence-corrected chi connectivity index (χ4v) is 5.22. The quantitative estimate of drug-likeness (QED) is 0.190. The van der Waals surface area contributed by atoms with Crippen molar-refractivity contribution < 1.29 is 40.3 Å². The average molecular weight is 646 g/mol. The monoisotopic (exact) mass is 645 g/mol. The molecule has 3 aromatic rings. The van der Waals surface area contributed by atoms with E-state index in [9.17, 15) is 24.6 Å². The minimum atomic E-state index is -1.46. The summed E-state index contributed by atoms with van der Waals surface area (Å²) in [5.41, 5.74) is 8.38. The van der Waals surface area contributed by atoms with Gasteiger partial charge in [-0.1, -0.05) is 6.07 Å². The zero-order valence-corrected chi connectivity index (χ0v) is 24.2. The lowest BCUT2D eigenvalue weighted by atomic mass is 10.1. The van der Waals surface area contributed by atoms with Crippen molar-refractivity contribution in [2.24, 2.45) is 0 Å². The van der Waals surface area contributed by atoms with E-state index in [1.807, 2.05) is 4.90 Å². The van der Waals surface area contributed by atoms with E-state index in [0.29, 0.717) is 55.1 Å². The van der Waals surface area contributed by atoms with Gasteiger partial charge in [0.25, 0.3) is 11.8 Å². The van der Waals surface area contributed by atoms with Crippen LogP contribution >= 0.6 is 24.8 Å². The van der Waals surface area contributed by atoms with Crippen LogP contribution in [0.5, 0.6) is 0 Å². The van der Waals surface area contributed by atoms with Crippen LogP contribution in [0.4, 0.5) is 11.5 Å². The number of carbonyl (C=O) groups is 3. The van der Waals surface area contributed by atoms with Gasteiger partial charge in [0.1, 0.15) is 24.1 Å². The van der Waals surface area contributed by atoms with E-state index in [4.69, 9.17) is 10.5 Å². The molecule has 0 saturated carbocycles. The van der Waals surface area contributed by atoms with Crippen LogP contribution in [-0.2, 0) is 20.9 Å². The highest BCUT2D eigenvalue weighted by Crippen LogP contribution is 2.33. The van der Waals surface area contributed by atoms with Crippen molar-refractivity contribution in [3.63, 3.8) is 0 Å². The number of aromatic nitrogens is 4. The molecule has 43 heavy (non-hydrogen) atoms. The highest BCUT2D eigenvalue weighted by atomic mass is 35.5. The zero-order chi connectivity index (χ0) is 27.3. The third-order valence-electron chi connectivity index (χ3n) is 7.31. The Hall–Kier alpha value is -3.68. The number of aliphatic hydroxyl groups is 2. The number of rotatable bonds is 5. The number of nitrogens with zero attached hydrogens (tertiary/aromatic N) is 6. The Morgan fingerprint density at radius 3 is 2.51 bits per heavy atom. The lowest BCUT2D eigenvalue weighted by Gasteiger charge is -2.35. The normalized spacial score (nSPS) is 22.7. The van der Waals surface area contributed by atoms with Gasteiger partial charge in [0, 0.05) is 49.5 Å². The van der Waals surface area contributed by atoms with Gasteiger partial charge in [0.15, 0.2) is 23.8 Å². The predicted molar refractivity (Wildman–Crippen MR) is 157 cm³/mol. The largest absolute Gasteiger partial charge is 0.412 e. The van der Waals surface area contributed by atoms with Gasteiger partial charge < -0.3 is 47.2 Å². The maximum Gasteiger partial charge on any atom is 0.254 e. The maximum atomic E-state index is 13.2. The average Bonchev–Trinajstić information content (AvgIpc) is 3.61. The van der Waals surface area contributed by atoms with Crippen molar-refractivity contribution in [1.82, 2.24) is 34.6 Å². The summed E-state index contributed by atoms with van der Waals surface area (Å²) < 4.78 is 7.23. The number of nitrogens with two attached hydrogens (primary N) is 1. The van der Waals surface area contributed by atoms with Crippen molar-refractivity contribution in [2.75, 3.05) is 43.8 Å². The van der Waals surface area contributed by atoms with Gasteiger partial charge in [-0.15, -0.1) is 24.8 Å². The number of amides is 3. The summed E-state index contributed by atoms with van der Waals surface area (Å²) in [5.74, 6) is -0.677. The molecule has 3 aliphatic rings. The number of halogens is 2. The topological polar surface area (TPSA) is 264 Å². The molecule has 10 N–H and O–H groups in total. The molecule has 3 aliphatic heterocycles. The number of nitrogen functional groups attached to an aromatic ring is 1. The van der Waals surface area contributed by atoms with Gasteiger partial charge in [0.05, 0.1) is 12.9 Å². The van der Waals surface area contributed by atoms with E-state index >= 15 is 0 Å². The Bertz CT molecular complexity index is 1470. The molecule has 4 atom stereocenters. The van der Waals surface area contributed by atoms with Crippen LogP contribution in [0.2, 0.25) is 0 Å². The molecule has 1 aromatic carbocycles. The number of aliphatic hydroxyl groups excluding tert-OH is 2. The number of hydrogen-bond acceptors (Lipinski definition) is 11. The number of fused-ring (bicyclic) bond motifs is 2. The highest BCUT2D eigenvalue weighted by Gasteiger charge is 2.49. The molecule has 0 aliphatic carbocycles. The van der Waals surface area contributed by atoms with Gasteiger partial charge in [-0.2, -0.15) is 0 Å². The summed E-state index contributed by atoms with van der Waals surface area (Å²) in [7, 11) is 0. The van der Waals surface area contributed by atoms with Gasteiger partial charge >= 0.3 is 0 Å². The molecule has 0 spiro atoms. The summed E-state index contributed by atoms with van der Waals surface area (Å²) in [6, 6.07) is 5.21. The molecule has 0 bridgehead atoms. The molecule has 19 heteroatoms. The van der Waals surface area contributed by atoms with E-state index in [0.717, 1.165) is 5.56 Å².